The predicted molar refractivity (Wildman–Crippen MR) is 57.8 cm³/mol. The molecule has 86 valence electrons. The first-order valence-electron chi connectivity index (χ1n) is 5.25. The van der Waals surface area contributed by atoms with Crippen LogP contribution in [0.4, 0.5) is 0 Å². The lowest BCUT2D eigenvalue weighted by Crippen LogP contribution is -2.45. The van der Waals surface area contributed by atoms with E-state index < -0.39 is 5.97 Å². The van der Waals surface area contributed by atoms with Crippen molar-refractivity contribution in [2.45, 2.75) is 33.0 Å². The molecule has 0 spiro atoms. The van der Waals surface area contributed by atoms with Crippen LogP contribution in [0.25, 0.3) is 0 Å². The average molecular weight is 213 g/mol. The molecule has 0 saturated carbocycles. The van der Waals surface area contributed by atoms with E-state index in [-0.39, 0.29) is 12.2 Å². The number of hydrogen-bond donors (Lipinski definition) is 1. The van der Waals surface area contributed by atoms with Gasteiger partial charge in [-0.15, -0.1) is 0 Å². The number of nitrogens with zero attached hydrogens (tertiary/aromatic N) is 1. The van der Waals surface area contributed by atoms with Crippen molar-refractivity contribution in [3.05, 3.63) is 11.6 Å². The van der Waals surface area contributed by atoms with E-state index in [2.05, 4.69) is 4.90 Å². The zero-order valence-corrected chi connectivity index (χ0v) is 9.56. The van der Waals surface area contributed by atoms with Crippen molar-refractivity contribution in [2.75, 3.05) is 19.6 Å². The highest BCUT2D eigenvalue weighted by molar-refractivity contribution is 5.80. The SMILES string of the molecule is C/C(=C\C(=O)O)CN1CC(C)OC(C)C1. The van der Waals surface area contributed by atoms with Crippen molar-refractivity contribution in [2.24, 2.45) is 0 Å². The second-order valence-corrected chi connectivity index (χ2v) is 4.28. The van der Waals surface area contributed by atoms with Crippen LogP contribution in [-0.2, 0) is 9.53 Å². The second-order valence-electron chi connectivity index (χ2n) is 4.28. The van der Waals surface area contributed by atoms with Gasteiger partial charge in [0.05, 0.1) is 12.2 Å². The van der Waals surface area contributed by atoms with Crippen LogP contribution in [0.15, 0.2) is 11.6 Å². The van der Waals surface area contributed by atoms with Crippen LogP contribution in [0.1, 0.15) is 20.8 Å². The normalized spacial score (nSPS) is 29.1. The van der Waals surface area contributed by atoms with Crippen molar-refractivity contribution in [1.82, 2.24) is 4.90 Å². The fourth-order valence-electron chi connectivity index (χ4n) is 2.02. The van der Waals surface area contributed by atoms with E-state index in [1.165, 1.54) is 6.08 Å². The van der Waals surface area contributed by atoms with Gasteiger partial charge in [0.15, 0.2) is 0 Å². The van der Waals surface area contributed by atoms with Gasteiger partial charge >= 0.3 is 5.97 Å². The summed E-state index contributed by atoms with van der Waals surface area (Å²) in [5, 5.41) is 8.60. The molecule has 4 nitrogen and oxygen atoms in total. The number of aliphatic carboxylic acids is 1. The number of carboxylic acid groups (broad SMARTS) is 1. The molecule has 0 aliphatic carbocycles. The number of morpholine rings is 1. The zero-order chi connectivity index (χ0) is 11.4. The summed E-state index contributed by atoms with van der Waals surface area (Å²) in [6, 6.07) is 0. The van der Waals surface area contributed by atoms with Gasteiger partial charge in [0.25, 0.3) is 0 Å². The van der Waals surface area contributed by atoms with Crippen molar-refractivity contribution >= 4 is 5.97 Å². The maximum absolute atomic E-state index is 10.5. The maximum Gasteiger partial charge on any atom is 0.328 e. The Labute approximate surface area is 90.5 Å². The molecule has 1 N–H and O–H groups in total. The van der Waals surface area contributed by atoms with Crippen molar-refractivity contribution in [3.63, 3.8) is 0 Å². The van der Waals surface area contributed by atoms with Gasteiger partial charge in [-0.3, -0.25) is 4.90 Å². The topological polar surface area (TPSA) is 49.8 Å². The minimum Gasteiger partial charge on any atom is -0.478 e. The Morgan fingerprint density at radius 1 is 1.47 bits per heavy atom. The quantitative estimate of drug-likeness (QED) is 0.714. The summed E-state index contributed by atoms with van der Waals surface area (Å²) in [4.78, 5) is 12.7. The Morgan fingerprint density at radius 2 is 2.00 bits per heavy atom. The molecule has 0 aromatic heterocycles. The Bertz CT molecular complexity index is 253. The highest BCUT2D eigenvalue weighted by Crippen LogP contribution is 2.11. The van der Waals surface area contributed by atoms with E-state index in [0.717, 1.165) is 18.7 Å². The minimum absolute atomic E-state index is 0.228. The lowest BCUT2D eigenvalue weighted by Gasteiger charge is -2.35. The van der Waals surface area contributed by atoms with Gasteiger partial charge in [-0.2, -0.15) is 0 Å². The standard InChI is InChI=1S/C11H19NO3/c1-8(4-11(13)14)5-12-6-9(2)15-10(3)7-12/h4,9-10H,5-7H2,1-3H3,(H,13,14)/b8-4+. The van der Waals surface area contributed by atoms with Gasteiger partial charge < -0.3 is 9.84 Å². The van der Waals surface area contributed by atoms with Crippen molar-refractivity contribution in [1.29, 1.82) is 0 Å². The summed E-state index contributed by atoms with van der Waals surface area (Å²) in [5.74, 6) is -0.873. The number of ether oxygens (including phenoxy) is 1. The molecule has 2 unspecified atom stereocenters. The van der Waals surface area contributed by atoms with Crippen LogP contribution in [0.2, 0.25) is 0 Å². The van der Waals surface area contributed by atoms with Crippen LogP contribution in [0, 0.1) is 0 Å². The Balaban J connectivity index is 2.47. The maximum atomic E-state index is 10.5. The van der Waals surface area contributed by atoms with E-state index in [0.29, 0.717) is 6.54 Å². The Hall–Kier alpha value is -0.870. The lowest BCUT2D eigenvalue weighted by atomic mass is 10.2. The second kappa shape index (κ2) is 5.28. The summed E-state index contributed by atoms with van der Waals surface area (Å²) < 4.78 is 5.60. The molecule has 1 aliphatic rings. The third-order valence-electron chi connectivity index (χ3n) is 2.34. The molecule has 4 heteroatoms. The monoisotopic (exact) mass is 213 g/mol. The largest absolute Gasteiger partial charge is 0.478 e. The van der Waals surface area contributed by atoms with Crippen LogP contribution < -0.4 is 0 Å². The molecular formula is C11H19NO3. The minimum atomic E-state index is -0.873. The molecule has 0 amide bonds. The van der Waals surface area contributed by atoms with Gasteiger partial charge in [0.2, 0.25) is 0 Å². The first-order chi connectivity index (χ1) is 6.97. The molecule has 0 aromatic rings. The molecule has 15 heavy (non-hydrogen) atoms. The summed E-state index contributed by atoms with van der Waals surface area (Å²) in [6.07, 6.45) is 1.72. The summed E-state index contributed by atoms with van der Waals surface area (Å²) in [6.45, 7) is 8.38. The van der Waals surface area contributed by atoms with Gasteiger partial charge in [0.1, 0.15) is 0 Å². The number of carbonyl (C=O) groups is 1. The highest BCUT2D eigenvalue weighted by atomic mass is 16.5. The van der Waals surface area contributed by atoms with E-state index in [1.807, 2.05) is 20.8 Å². The van der Waals surface area contributed by atoms with Crippen molar-refractivity contribution < 1.29 is 14.6 Å². The fourth-order valence-corrected chi connectivity index (χ4v) is 2.02. The first kappa shape index (κ1) is 12.2. The molecule has 1 aliphatic heterocycles. The zero-order valence-electron chi connectivity index (χ0n) is 9.56. The summed E-state index contributed by atoms with van der Waals surface area (Å²) in [5.41, 5.74) is 0.879. The van der Waals surface area contributed by atoms with Gasteiger partial charge in [0, 0.05) is 25.7 Å². The molecule has 0 radical (unpaired) electrons. The van der Waals surface area contributed by atoms with Crippen LogP contribution >= 0.6 is 0 Å². The first-order valence-corrected chi connectivity index (χ1v) is 5.25. The summed E-state index contributed by atoms with van der Waals surface area (Å²) >= 11 is 0. The molecular weight excluding hydrogens is 194 g/mol. The average Bonchev–Trinajstić information content (AvgIpc) is 1.98. The van der Waals surface area contributed by atoms with E-state index >= 15 is 0 Å². The molecule has 0 bridgehead atoms. The molecule has 1 rings (SSSR count). The highest BCUT2D eigenvalue weighted by Gasteiger charge is 2.21. The van der Waals surface area contributed by atoms with Gasteiger partial charge in [-0.05, 0) is 20.8 Å². The molecule has 0 aromatic carbocycles. The molecule has 1 fully saturated rings. The van der Waals surface area contributed by atoms with Crippen LogP contribution in [0.5, 0.6) is 0 Å². The molecule has 2 atom stereocenters. The fraction of sp³-hybridized carbons (Fsp3) is 0.727. The Kier molecular flexibility index (Phi) is 4.29. The molecule has 1 saturated heterocycles. The Morgan fingerprint density at radius 3 is 2.47 bits per heavy atom. The number of rotatable bonds is 3. The van der Waals surface area contributed by atoms with Crippen LogP contribution in [0.3, 0.4) is 0 Å². The van der Waals surface area contributed by atoms with E-state index in [4.69, 9.17) is 9.84 Å². The van der Waals surface area contributed by atoms with E-state index in [1.54, 1.807) is 0 Å². The third kappa shape index (κ3) is 4.44. The number of carboxylic acids is 1. The summed E-state index contributed by atoms with van der Waals surface area (Å²) in [7, 11) is 0. The van der Waals surface area contributed by atoms with Crippen LogP contribution in [-0.4, -0.2) is 47.8 Å². The lowest BCUT2D eigenvalue weighted by molar-refractivity contribution is -0.131. The predicted octanol–water partition coefficient (Wildman–Crippen LogP) is 1.13. The number of hydrogen-bond acceptors (Lipinski definition) is 3. The smallest absolute Gasteiger partial charge is 0.328 e. The van der Waals surface area contributed by atoms with Crippen molar-refractivity contribution in [3.8, 4) is 0 Å². The van der Waals surface area contributed by atoms with Gasteiger partial charge in [-0.25, -0.2) is 4.79 Å². The molecule has 1 heterocycles. The third-order valence-corrected chi connectivity index (χ3v) is 2.34. The van der Waals surface area contributed by atoms with E-state index in [9.17, 15) is 4.79 Å². The van der Waals surface area contributed by atoms with Gasteiger partial charge in [-0.1, -0.05) is 5.57 Å².